The standard InChI is InChI=1S/C16H20Cl2N4O2S/c1-3-4-7-22-15(24)20-21-16(22)25-9-14(23)19-10(2)11-5-6-12(17)13(18)8-11/h5-6,8,10H,3-4,7,9H2,1-2H3,(H,19,23)(H,20,24). The zero-order valence-electron chi connectivity index (χ0n) is 14.0. The third-order valence-electron chi connectivity index (χ3n) is 3.61. The van der Waals surface area contributed by atoms with Gasteiger partial charge in [0.15, 0.2) is 5.16 Å². The number of H-pyrrole nitrogens is 1. The van der Waals surface area contributed by atoms with Gasteiger partial charge < -0.3 is 5.32 Å². The Kier molecular flexibility index (Phi) is 7.40. The predicted molar refractivity (Wildman–Crippen MR) is 101 cm³/mol. The SMILES string of the molecule is CCCCn1c(SCC(=O)NC(C)c2ccc(Cl)c(Cl)c2)n[nH]c1=O. The number of rotatable bonds is 8. The average Bonchev–Trinajstić information content (AvgIpc) is 2.93. The lowest BCUT2D eigenvalue weighted by Gasteiger charge is -2.15. The lowest BCUT2D eigenvalue weighted by atomic mass is 10.1. The molecule has 0 saturated carbocycles. The van der Waals surface area contributed by atoms with Gasteiger partial charge in [-0.25, -0.2) is 9.89 Å². The van der Waals surface area contributed by atoms with Crippen molar-refractivity contribution in [3.63, 3.8) is 0 Å². The van der Waals surface area contributed by atoms with Crippen LogP contribution in [-0.4, -0.2) is 26.4 Å². The number of nitrogens with zero attached hydrogens (tertiary/aromatic N) is 2. The molecule has 0 aliphatic heterocycles. The summed E-state index contributed by atoms with van der Waals surface area (Å²) in [5.74, 6) is 0.0169. The van der Waals surface area contributed by atoms with E-state index in [1.165, 1.54) is 11.8 Å². The normalized spacial score (nSPS) is 12.2. The second-order valence-electron chi connectivity index (χ2n) is 5.57. The minimum atomic E-state index is -0.250. The van der Waals surface area contributed by atoms with Crippen molar-refractivity contribution in [2.45, 2.75) is 44.4 Å². The number of hydrogen-bond acceptors (Lipinski definition) is 4. The van der Waals surface area contributed by atoms with Crippen LogP contribution in [0.3, 0.4) is 0 Å². The lowest BCUT2D eigenvalue weighted by molar-refractivity contribution is -0.119. The Bertz CT molecular complexity index is 791. The van der Waals surface area contributed by atoms with Crippen molar-refractivity contribution in [2.24, 2.45) is 0 Å². The third kappa shape index (κ3) is 5.52. The van der Waals surface area contributed by atoms with Gasteiger partial charge in [-0.15, -0.1) is 5.10 Å². The molecule has 0 radical (unpaired) electrons. The topological polar surface area (TPSA) is 79.8 Å². The van der Waals surface area contributed by atoms with Crippen LogP contribution in [0.15, 0.2) is 28.2 Å². The number of unbranched alkanes of at least 4 members (excludes halogenated alkanes) is 1. The first-order valence-electron chi connectivity index (χ1n) is 7.94. The molecule has 25 heavy (non-hydrogen) atoms. The summed E-state index contributed by atoms with van der Waals surface area (Å²) in [7, 11) is 0. The molecule has 2 N–H and O–H groups in total. The van der Waals surface area contributed by atoms with Gasteiger partial charge in [0.1, 0.15) is 0 Å². The minimum absolute atomic E-state index is 0.152. The molecule has 0 saturated heterocycles. The van der Waals surface area contributed by atoms with Crippen LogP contribution in [0.1, 0.15) is 38.3 Å². The molecule has 9 heteroatoms. The highest BCUT2D eigenvalue weighted by atomic mass is 35.5. The predicted octanol–water partition coefficient (Wildman–Crippen LogP) is 3.65. The molecule has 136 valence electrons. The van der Waals surface area contributed by atoms with Crippen LogP contribution in [-0.2, 0) is 11.3 Å². The van der Waals surface area contributed by atoms with Gasteiger partial charge >= 0.3 is 5.69 Å². The van der Waals surface area contributed by atoms with Crippen LogP contribution in [0.5, 0.6) is 0 Å². The quantitative estimate of drug-likeness (QED) is 0.660. The number of nitrogens with one attached hydrogen (secondary N) is 2. The second-order valence-corrected chi connectivity index (χ2v) is 7.32. The Morgan fingerprint density at radius 1 is 1.40 bits per heavy atom. The van der Waals surface area contributed by atoms with Gasteiger partial charge in [0, 0.05) is 6.54 Å². The summed E-state index contributed by atoms with van der Waals surface area (Å²) < 4.78 is 1.56. The summed E-state index contributed by atoms with van der Waals surface area (Å²) in [6.45, 7) is 4.51. The smallest absolute Gasteiger partial charge is 0.343 e. The van der Waals surface area contributed by atoms with E-state index in [2.05, 4.69) is 22.4 Å². The fourth-order valence-corrected chi connectivity index (χ4v) is 3.30. The number of carbonyl (C=O) groups excluding carboxylic acids is 1. The molecule has 6 nitrogen and oxygen atoms in total. The fraction of sp³-hybridized carbons (Fsp3) is 0.438. The molecule has 1 aromatic heterocycles. The van der Waals surface area contributed by atoms with Gasteiger partial charge in [-0.1, -0.05) is 54.4 Å². The molecule has 2 aromatic rings. The maximum absolute atomic E-state index is 12.2. The first-order chi connectivity index (χ1) is 11.9. The van der Waals surface area contributed by atoms with Gasteiger partial charge in [-0.05, 0) is 31.0 Å². The van der Waals surface area contributed by atoms with E-state index in [9.17, 15) is 9.59 Å². The van der Waals surface area contributed by atoms with Crippen LogP contribution >= 0.6 is 35.0 Å². The van der Waals surface area contributed by atoms with E-state index in [1.807, 2.05) is 13.0 Å². The van der Waals surface area contributed by atoms with E-state index in [4.69, 9.17) is 23.2 Å². The van der Waals surface area contributed by atoms with E-state index >= 15 is 0 Å². The van der Waals surface area contributed by atoms with Crippen molar-refractivity contribution < 1.29 is 4.79 Å². The van der Waals surface area contributed by atoms with Crippen molar-refractivity contribution in [3.8, 4) is 0 Å². The summed E-state index contributed by atoms with van der Waals surface area (Å²) in [6, 6.07) is 5.05. The van der Waals surface area contributed by atoms with E-state index in [1.54, 1.807) is 16.7 Å². The number of halogens is 2. The maximum atomic E-state index is 12.2. The van der Waals surface area contributed by atoms with E-state index < -0.39 is 0 Å². The van der Waals surface area contributed by atoms with E-state index in [0.717, 1.165) is 18.4 Å². The molecular formula is C16H20Cl2N4O2S. The average molecular weight is 403 g/mol. The number of aromatic nitrogens is 3. The van der Waals surface area contributed by atoms with Crippen LogP contribution in [0.25, 0.3) is 0 Å². The molecule has 1 aromatic carbocycles. The van der Waals surface area contributed by atoms with Crippen molar-refractivity contribution >= 4 is 40.9 Å². The summed E-state index contributed by atoms with van der Waals surface area (Å²) in [6.07, 6.45) is 1.86. The van der Waals surface area contributed by atoms with Crippen LogP contribution in [0, 0.1) is 0 Å². The summed E-state index contributed by atoms with van der Waals surface area (Å²) in [4.78, 5) is 23.9. The van der Waals surface area contributed by atoms with Gasteiger partial charge in [0.2, 0.25) is 5.91 Å². The summed E-state index contributed by atoms with van der Waals surface area (Å²) in [5, 5.41) is 10.7. The highest BCUT2D eigenvalue weighted by Gasteiger charge is 2.14. The number of hydrogen-bond donors (Lipinski definition) is 2. The molecule has 0 aliphatic carbocycles. The molecule has 2 rings (SSSR count). The van der Waals surface area contributed by atoms with E-state index in [0.29, 0.717) is 21.7 Å². The number of thioether (sulfide) groups is 1. The van der Waals surface area contributed by atoms with Crippen LogP contribution < -0.4 is 11.0 Å². The molecule has 0 spiro atoms. The van der Waals surface area contributed by atoms with E-state index in [-0.39, 0.29) is 23.4 Å². The maximum Gasteiger partial charge on any atom is 0.343 e. The van der Waals surface area contributed by atoms with Crippen molar-refractivity contribution in [3.05, 3.63) is 44.3 Å². The van der Waals surface area contributed by atoms with Crippen molar-refractivity contribution in [1.82, 2.24) is 20.1 Å². The summed E-state index contributed by atoms with van der Waals surface area (Å²) >= 11 is 13.1. The highest BCUT2D eigenvalue weighted by molar-refractivity contribution is 7.99. The molecule has 0 aliphatic rings. The Balaban J connectivity index is 1.92. The van der Waals surface area contributed by atoms with Gasteiger partial charge in [0.25, 0.3) is 0 Å². The monoisotopic (exact) mass is 402 g/mol. The second kappa shape index (κ2) is 9.31. The number of carbonyl (C=O) groups is 1. The minimum Gasteiger partial charge on any atom is -0.349 e. The lowest BCUT2D eigenvalue weighted by Crippen LogP contribution is -2.28. The first-order valence-corrected chi connectivity index (χ1v) is 9.68. The molecule has 1 amide bonds. The Labute approximate surface area is 160 Å². The number of amides is 1. The molecule has 0 fully saturated rings. The zero-order valence-corrected chi connectivity index (χ0v) is 16.3. The molecule has 1 unspecified atom stereocenters. The van der Waals surface area contributed by atoms with Gasteiger partial charge in [0.05, 0.1) is 21.8 Å². The summed E-state index contributed by atoms with van der Waals surface area (Å²) in [5.41, 5.74) is 0.618. The van der Waals surface area contributed by atoms with Crippen molar-refractivity contribution in [2.75, 3.05) is 5.75 Å². The number of benzene rings is 1. The fourth-order valence-electron chi connectivity index (χ4n) is 2.21. The molecule has 0 bridgehead atoms. The first kappa shape index (κ1) is 19.9. The van der Waals surface area contributed by atoms with Crippen LogP contribution in [0.4, 0.5) is 0 Å². The third-order valence-corrected chi connectivity index (χ3v) is 5.33. The Hall–Kier alpha value is -1.44. The van der Waals surface area contributed by atoms with Gasteiger partial charge in [-0.2, -0.15) is 0 Å². The van der Waals surface area contributed by atoms with Gasteiger partial charge in [-0.3, -0.25) is 9.36 Å². The zero-order chi connectivity index (χ0) is 18.4. The molecule has 1 atom stereocenters. The number of aromatic amines is 1. The van der Waals surface area contributed by atoms with Crippen LogP contribution in [0.2, 0.25) is 10.0 Å². The molecular weight excluding hydrogens is 383 g/mol. The Morgan fingerprint density at radius 3 is 2.84 bits per heavy atom. The Morgan fingerprint density at radius 2 is 2.16 bits per heavy atom. The largest absolute Gasteiger partial charge is 0.349 e. The highest BCUT2D eigenvalue weighted by Crippen LogP contribution is 2.25. The molecule has 1 heterocycles. The van der Waals surface area contributed by atoms with Crippen molar-refractivity contribution in [1.29, 1.82) is 0 Å².